The Morgan fingerprint density at radius 2 is 2.17 bits per heavy atom. The monoisotopic (exact) mass is 250 g/mol. The summed E-state index contributed by atoms with van der Waals surface area (Å²) >= 11 is 0. The summed E-state index contributed by atoms with van der Waals surface area (Å²) in [5.41, 5.74) is 0.137. The zero-order chi connectivity index (χ0) is 13.1. The first-order valence-electron chi connectivity index (χ1n) is 5.01. The molecule has 0 N–H and O–H groups in total. The van der Waals surface area contributed by atoms with E-state index in [4.69, 9.17) is 13.9 Å². The van der Waals surface area contributed by atoms with E-state index in [-0.39, 0.29) is 17.1 Å². The van der Waals surface area contributed by atoms with Crippen LogP contribution in [0.1, 0.15) is 5.76 Å². The topological polar surface area (TPSA) is 75.0 Å². The quantitative estimate of drug-likeness (QED) is 0.593. The predicted molar refractivity (Wildman–Crippen MR) is 58.8 cm³/mol. The van der Waals surface area contributed by atoms with E-state index in [2.05, 4.69) is 4.74 Å². The second kappa shape index (κ2) is 4.79. The summed E-state index contributed by atoms with van der Waals surface area (Å²) in [7, 11) is 2.59. The standard InChI is InChI=1S/C12H10O6/c1-15-9(13)6-8-11(16-2)10(12(14)18-8)7-4-3-5-17-7/h3-6H,1-2H3/b8-6-. The van der Waals surface area contributed by atoms with E-state index >= 15 is 0 Å². The molecule has 0 spiro atoms. The van der Waals surface area contributed by atoms with Crippen LogP contribution in [-0.4, -0.2) is 26.2 Å². The molecule has 0 saturated heterocycles. The lowest BCUT2D eigenvalue weighted by Gasteiger charge is -2.01. The van der Waals surface area contributed by atoms with Crippen molar-refractivity contribution in [3.8, 4) is 0 Å². The number of rotatable bonds is 3. The molecule has 0 saturated carbocycles. The zero-order valence-electron chi connectivity index (χ0n) is 9.76. The molecule has 0 aromatic carbocycles. The predicted octanol–water partition coefficient (Wildman–Crippen LogP) is 1.25. The number of esters is 2. The third-order valence-electron chi connectivity index (χ3n) is 2.28. The fourth-order valence-electron chi connectivity index (χ4n) is 1.51. The van der Waals surface area contributed by atoms with Crippen LogP contribution in [0.15, 0.2) is 40.4 Å². The summed E-state index contributed by atoms with van der Waals surface area (Å²) in [5.74, 6) is -0.837. The Labute approximate surface area is 102 Å². The molecular weight excluding hydrogens is 240 g/mol. The number of ether oxygens (including phenoxy) is 3. The van der Waals surface area contributed by atoms with Crippen molar-refractivity contribution in [2.45, 2.75) is 0 Å². The molecule has 6 heteroatoms. The maximum atomic E-state index is 11.7. The average Bonchev–Trinajstić information content (AvgIpc) is 2.96. The third kappa shape index (κ3) is 2.00. The van der Waals surface area contributed by atoms with Gasteiger partial charge in [0.05, 0.1) is 26.6 Å². The van der Waals surface area contributed by atoms with Gasteiger partial charge in [0, 0.05) is 0 Å². The number of carbonyl (C=O) groups excluding carboxylic acids is 2. The van der Waals surface area contributed by atoms with Crippen molar-refractivity contribution < 1.29 is 28.2 Å². The highest BCUT2D eigenvalue weighted by Gasteiger charge is 2.34. The number of carbonyl (C=O) groups is 2. The highest BCUT2D eigenvalue weighted by molar-refractivity contribution is 6.20. The minimum Gasteiger partial charge on any atom is -0.492 e. The van der Waals surface area contributed by atoms with Crippen LogP contribution in [0.2, 0.25) is 0 Å². The van der Waals surface area contributed by atoms with Crippen LogP contribution in [0.4, 0.5) is 0 Å². The maximum Gasteiger partial charge on any atom is 0.351 e. The first kappa shape index (κ1) is 12.0. The van der Waals surface area contributed by atoms with Gasteiger partial charge in [0.1, 0.15) is 11.3 Å². The molecule has 6 nitrogen and oxygen atoms in total. The van der Waals surface area contributed by atoms with Gasteiger partial charge in [0.2, 0.25) is 0 Å². The molecule has 0 unspecified atom stereocenters. The van der Waals surface area contributed by atoms with Gasteiger partial charge in [-0.2, -0.15) is 0 Å². The van der Waals surface area contributed by atoms with Gasteiger partial charge in [0.15, 0.2) is 11.5 Å². The second-order valence-electron chi connectivity index (χ2n) is 3.31. The van der Waals surface area contributed by atoms with E-state index in [1.54, 1.807) is 12.1 Å². The van der Waals surface area contributed by atoms with Crippen LogP contribution >= 0.6 is 0 Å². The molecule has 0 aliphatic carbocycles. The Hall–Kier alpha value is -2.50. The van der Waals surface area contributed by atoms with E-state index < -0.39 is 11.9 Å². The lowest BCUT2D eigenvalue weighted by atomic mass is 10.2. The molecule has 0 fully saturated rings. The van der Waals surface area contributed by atoms with Gasteiger partial charge < -0.3 is 18.6 Å². The Balaban J connectivity index is 2.47. The van der Waals surface area contributed by atoms with E-state index in [9.17, 15) is 9.59 Å². The Morgan fingerprint density at radius 1 is 1.39 bits per heavy atom. The minimum absolute atomic E-state index is 0.000694. The smallest absolute Gasteiger partial charge is 0.351 e. The number of hydrogen-bond acceptors (Lipinski definition) is 6. The van der Waals surface area contributed by atoms with Gasteiger partial charge in [-0.1, -0.05) is 0 Å². The van der Waals surface area contributed by atoms with Gasteiger partial charge in [-0.05, 0) is 12.1 Å². The molecule has 0 atom stereocenters. The Kier molecular flexibility index (Phi) is 3.18. The summed E-state index contributed by atoms with van der Waals surface area (Å²) in [6.45, 7) is 0. The molecule has 0 radical (unpaired) electrons. The first-order chi connectivity index (χ1) is 8.67. The van der Waals surface area contributed by atoms with E-state index in [0.717, 1.165) is 6.08 Å². The summed E-state index contributed by atoms with van der Waals surface area (Å²) in [4.78, 5) is 22.8. The van der Waals surface area contributed by atoms with Crippen LogP contribution < -0.4 is 0 Å². The molecule has 1 aliphatic heterocycles. The molecule has 0 bridgehead atoms. The van der Waals surface area contributed by atoms with Crippen molar-refractivity contribution >= 4 is 17.5 Å². The van der Waals surface area contributed by atoms with E-state index in [1.807, 2.05) is 0 Å². The van der Waals surface area contributed by atoms with Crippen molar-refractivity contribution in [1.82, 2.24) is 0 Å². The van der Waals surface area contributed by atoms with E-state index in [1.165, 1.54) is 20.5 Å². The van der Waals surface area contributed by atoms with Gasteiger partial charge in [-0.3, -0.25) is 0 Å². The van der Waals surface area contributed by atoms with Crippen LogP contribution in [-0.2, 0) is 23.8 Å². The van der Waals surface area contributed by atoms with Crippen molar-refractivity contribution in [2.75, 3.05) is 14.2 Å². The summed E-state index contributed by atoms with van der Waals surface area (Å²) < 4.78 is 19.6. The Morgan fingerprint density at radius 3 is 2.72 bits per heavy atom. The molecule has 2 rings (SSSR count). The molecule has 1 aliphatic rings. The minimum atomic E-state index is -0.645. The van der Waals surface area contributed by atoms with Crippen LogP contribution in [0, 0.1) is 0 Å². The van der Waals surface area contributed by atoms with E-state index in [0.29, 0.717) is 5.76 Å². The number of hydrogen-bond donors (Lipinski definition) is 0. The molecule has 2 heterocycles. The van der Waals surface area contributed by atoms with Gasteiger partial charge >= 0.3 is 11.9 Å². The largest absolute Gasteiger partial charge is 0.492 e. The van der Waals surface area contributed by atoms with Crippen molar-refractivity contribution in [3.05, 3.63) is 41.8 Å². The van der Waals surface area contributed by atoms with Crippen LogP contribution in [0.25, 0.3) is 5.57 Å². The van der Waals surface area contributed by atoms with Gasteiger partial charge in [-0.15, -0.1) is 0 Å². The van der Waals surface area contributed by atoms with Crippen molar-refractivity contribution in [1.29, 1.82) is 0 Å². The fourth-order valence-corrected chi connectivity index (χ4v) is 1.51. The lowest BCUT2D eigenvalue weighted by molar-refractivity contribution is -0.135. The van der Waals surface area contributed by atoms with Gasteiger partial charge in [-0.25, -0.2) is 9.59 Å². The van der Waals surface area contributed by atoms with Crippen molar-refractivity contribution in [2.24, 2.45) is 0 Å². The lowest BCUT2D eigenvalue weighted by Crippen LogP contribution is -2.00. The van der Waals surface area contributed by atoms with Crippen LogP contribution in [0.5, 0.6) is 0 Å². The van der Waals surface area contributed by atoms with Crippen molar-refractivity contribution in [3.63, 3.8) is 0 Å². The summed E-state index contributed by atoms with van der Waals surface area (Å²) in [6, 6.07) is 3.22. The average molecular weight is 250 g/mol. The highest BCUT2D eigenvalue weighted by atomic mass is 16.6. The number of methoxy groups -OCH3 is 2. The Bertz CT molecular complexity index is 535. The van der Waals surface area contributed by atoms with Gasteiger partial charge in [0.25, 0.3) is 0 Å². The molecule has 1 aromatic heterocycles. The number of furan rings is 1. The number of cyclic esters (lactones) is 1. The van der Waals surface area contributed by atoms with Crippen LogP contribution in [0.3, 0.4) is 0 Å². The maximum absolute atomic E-state index is 11.7. The molecule has 0 amide bonds. The molecule has 1 aromatic rings. The summed E-state index contributed by atoms with van der Waals surface area (Å²) in [5, 5.41) is 0. The second-order valence-corrected chi connectivity index (χ2v) is 3.31. The molecular formula is C12H10O6. The third-order valence-corrected chi connectivity index (χ3v) is 2.28. The normalized spacial score (nSPS) is 17.0. The molecule has 18 heavy (non-hydrogen) atoms. The summed E-state index contributed by atoms with van der Waals surface area (Å²) in [6.07, 6.45) is 2.46. The SMILES string of the molecule is COC(=O)/C=C1\OC(=O)C(c2ccco2)=C1OC. The molecule has 94 valence electrons. The first-order valence-corrected chi connectivity index (χ1v) is 5.01. The highest BCUT2D eigenvalue weighted by Crippen LogP contribution is 2.33. The fraction of sp³-hybridized carbons (Fsp3) is 0.167. The zero-order valence-corrected chi connectivity index (χ0v) is 9.76.